The van der Waals surface area contributed by atoms with Crippen LogP contribution in [0.5, 0.6) is 5.88 Å². The normalized spacial score (nSPS) is 11.9. The number of hydrogen-bond acceptors (Lipinski definition) is 7. The van der Waals surface area contributed by atoms with Gasteiger partial charge < -0.3 is 9.15 Å². The Kier molecular flexibility index (Phi) is 3.79. The van der Waals surface area contributed by atoms with Crippen molar-refractivity contribution in [2.45, 2.75) is 13.1 Å². The zero-order valence-corrected chi connectivity index (χ0v) is 14.0. The van der Waals surface area contributed by atoms with Crippen LogP contribution in [0.2, 0.25) is 0 Å². The summed E-state index contributed by atoms with van der Waals surface area (Å²) in [4.78, 5) is 20.7. The Morgan fingerprint density at radius 2 is 1.89 bits per heavy atom. The number of pyridine rings is 1. The molecule has 0 atom stereocenters. The molecular formula is C16H11F3N6O2. The molecule has 0 fully saturated rings. The molecule has 0 unspecified atom stereocenters. The average molecular weight is 376 g/mol. The third-order valence-electron chi connectivity index (χ3n) is 3.73. The Hall–Kier alpha value is -3.50. The van der Waals surface area contributed by atoms with Crippen molar-refractivity contribution < 1.29 is 22.3 Å². The maximum absolute atomic E-state index is 13.0. The number of alkyl halides is 3. The Morgan fingerprint density at radius 1 is 1.07 bits per heavy atom. The fraction of sp³-hybridized carbons (Fsp3) is 0.188. The lowest BCUT2D eigenvalue weighted by Crippen LogP contribution is -2.06. The molecule has 11 heteroatoms. The number of fused-ring (bicyclic) bond motifs is 1. The molecule has 27 heavy (non-hydrogen) atoms. The van der Waals surface area contributed by atoms with Crippen molar-refractivity contribution >= 4 is 11.2 Å². The summed E-state index contributed by atoms with van der Waals surface area (Å²) in [7, 11) is 1.44. The van der Waals surface area contributed by atoms with Gasteiger partial charge in [0.05, 0.1) is 25.1 Å². The number of hydrogen-bond donors (Lipinski definition) is 0. The molecule has 4 aromatic heterocycles. The highest BCUT2D eigenvalue weighted by Gasteiger charge is 2.32. The minimum atomic E-state index is -4.53. The van der Waals surface area contributed by atoms with Crippen molar-refractivity contribution in [3.63, 3.8) is 0 Å². The molecule has 0 aliphatic carbocycles. The van der Waals surface area contributed by atoms with Crippen molar-refractivity contribution in [1.29, 1.82) is 0 Å². The lowest BCUT2D eigenvalue weighted by atomic mass is 10.2. The molecule has 138 valence electrons. The molecule has 0 aliphatic heterocycles. The van der Waals surface area contributed by atoms with Crippen LogP contribution in [0.1, 0.15) is 11.5 Å². The second-order valence-electron chi connectivity index (χ2n) is 5.50. The summed E-state index contributed by atoms with van der Waals surface area (Å²) in [6.07, 6.45) is 0.346. The first-order valence-corrected chi connectivity index (χ1v) is 7.61. The van der Waals surface area contributed by atoms with Gasteiger partial charge in [0.1, 0.15) is 17.5 Å². The van der Waals surface area contributed by atoms with Gasteiger partial charge in [0.2, 0.25) is 5.88 Å². The number of halogens is 3. The summed E-state index contributed by atoms with van der Waals surface area (Å²) in [6.45, 7) is 1.64. The van der Waals surface area contributed by atoms with Crippen LogP contribution < -0.4 is 4.74 Å². The zero-order chi connectivity index (χ0) is 19.2. The molecular weight excluding hydrogens is 365 g/mol. The second kappa shape index (κ2) is 6.04. The maximum atomic E-state index is 13.0. The first-order valence-electron chi connectivity index (χ1n) is 7.61. The van der Waals surface area contributed by atoms with E-state index in [1.807, 2.05) is 0 Å². The number of imidazole rings is 1. The lowest BCUT2D eigenvalue weighted by Gasteiger charge is -2.07. The number of rotatable bonds is 3. The van der Waals surface area contributed by atoms with Gasteiger partial charge in [0, 0.05) is 13.1 Å². The van der Waals surface area contributed by atoms with Crippen LogP contribution >= 0.6 is 0 Å². The van der Waals surface area contributed by atoms with Crippen LogP contribution in [0.15, 0.2) is 35.3 Å². The Balaban J connectivity index is 1.98. The molecule has 0 amide bonds. The number of aromatic nitrogens is 6. The Bertz CT molecular complexity index is 1120. The summed E-state index contributed by atoms with van der Waals surface area (Å²) in [5.41, 5.74) is -0.351. The number of methoxy groups -OCH3 is 1. The number of aryl methyl sites for hydroxylation is 1. The van der Waals surface area contributed by atoms with E-state index in [0.717, 1.165) is 12.3 Å². The smallest absolute Gasteiger partial charge is 0.417 e. The zero-order valence-electron chi connectivity index (χ0n) is 14.0. The van der Waals surface area contributed by atoms with E-state index in [-0.39, 0.29) is 22.9 Å². The minimum Gasteiger partial charge on any atom is -0.480 e. The van der Waals surface area contributed by atoms with Gasteiger partial charge in [0.25, 0.3) is 0 Å². The largest absolute Gasteiger partial charge is 0.480 e. The first-order chi connectivity index (χ1) is 12.9. The van der Waals surface area contributed by atoms with E-state index < -0.39 is 11.7 Å². The molecule has 0 bridgehead atoms. The van der Waals surface area contributed by atoms with Gasteiger partial charge in [-0.05, 0) is 6.07 Å². The summed E-state index contributed by atoms with van der Waals surface area (Å²) < 4.78 is 50.7. The standard InChI is InChI=1S/C16H11F3N6O2/c1-8-23-11(7-27-8)15-24-10-3-9(16(17,18)19)4-22-14(10)25(15)12-5-21-13(26-2)6-20-12/h3-7H,1-2H3. The van der Waals surface area contributed by atoms with Crippen LogP contribution in [-0.4, -0.2) is 36.6 Å². The van der Waals surface area contributed by atoms with Gasteiger partial charge in [-0.25, -0.2) is 24.9 Å². The molecule has 0 N–H and O–H groups in total. The van der Waals surface area contributed by atoms with Crippen LogP contribution in [0, 0.1) is 6.92 Å². The van der Waals surface area contributed by atoms with E-state index in [4.69, 9.17) is 9.15 Å². The van der Waals surface area contributed by atoms with Crippen LogP contribution in [0.3, 0.4) is 0 Å². The first kappa shape index (κ1) is 16.9. The Labute approximate surface area is 149 Å². The van der Waals surface area contributed by atoms with Crippen molar-refractivity contribution in [1.82, 2.24) is 29.5 Å². The Morgan fingerprint density at radius 3 is 2.48 bits per heavy atom. The molecule has 4 rings (SSSR count). The van der Waals surface area contributed by atoms with Gasteiger partial charge in [0.15, 0.2) is 23.2 Å². The van der Waals surface area contributed by atoms with E-state index >= 15 is 0 Å². The molecule has 0 radical (unpaired) electrons. The summed E-state index contributed by atoms with van der Waals surface area (Å²) in [5, 5.41) is 0. The molecule has 0 spiro atoms. The average Bonchev–Trinajstić information content (AvgIpc) is 3.23. The maximum Gasteiger partial charge on any atom is 0.417 e. The van der Waals surface area contributed by atoms with Crippen LogP contribution in [0.25, 0.3) is 28.5 Å². The van der Waals surface area contributed by atoms with Crippen molar-refractivity contribution in [2.75, 3.05) is 7.11 Å². The SMILES string of the molecule is COc1cnc(-n2c(-c3coc(C)n3)nc3cc(C(F)(F)F)cnc32)cn1. The fourth-order valence-corrected chi connectivity index (χ4v) is 2.51. The van der Waals surface area contributed by atoms with Crippen LogP contribution in [0.4, 0.5) is 13.2 Å². The predicted molar refractivity (Wildman–Crippen MR) is 86.2 cm³/mol. The van der Waals surface area contributed by atoms with Gasteiger partial charge >= 0.3 is 6.18 Å². The van der Waals surface area contributed by atoms with E-state index in [9.17, 15) is 13.2 Å². The molecule has 4 heterocycles. The molecule has 0 saturated heterocycles. The molecule has 4 aromatic rings. The third kappa shape index (κ3) is 2.96. The van der Waals surface area contributed by atoms with E-state index in [0.29, 0.717) is 17.4 Å². The van der Waals surface area contributed by atoms with Gasteiger partial charge in [-0.15, -0.1) is 0 Å². The molecule has 0 saturated carbocycles. The van der Waals surface area contributed by atoms with E-state index in [2.05, 4.69) is 24.9 Å². The van der Waals surface area contributed by atoms with Crippen molar-refractivity contribution in [3.8, 4) is 23.2 Å². The fourth-order valence-electron chi connectivity index (χ4n) is 2.51. The molecule has 8 nitrogen and oxygen atoms in total. The van der Waals surface area contributed by atoms with Crippen molar-refractivity contribution in [2.24, 2.45) is 0 Å². The van der Waals surface area contributed by atoms with Gasteiger partial charge in [-0.1, -0.05) is 0 Å². The van der Waals surface area contributed by atoms with Crippen molar-refractivity contribution in [3.05, 3.63) is 42.4 Å². The highest BCUT2D eigenvalue weighted by atomic mass is 19.4. The van der Waals surface area contributed by atoms with Crippen LogP contribution in [-0.2, 0) is 6.18 Å². The minimum absolute atomic E-state index is 0.0399. The topological polar surface area (TPSA) is 91.8 Å². The highest BCUT2D eigenvalue weighted by molar-refractivity contribution is 5.79. The van der Waals surface area contributed by atoms with Gasteiger partial charge in [-0.2, -0.15) is 13.2 Å². The van der Waals surface area contributed by atoms with E-state index in [1.165, 1.54) is 30.3 Å². The summed E-state index contributed by atoms with van der Waals surface area (Å²) in [6, 6.07) is 0.923. The quantitative estimate of drug-likeness (QED) is 0.542. The van der Waals surface area contributed by atoms with Gasteiger partial charge in [-0.3, -0.25) is 4.57 Å². The third-order valence-corrected chi connectivity index (χ3v) is 3.73. The number of nitrogens with zero attached hydrogens (tertiary/aromatic N) is 6. The highest BCUT2D eigenvalue weighted by Crippen LogP contribution is 2.32. The van der Waals surface area contributed by atoms with E-state index in [1.54, 1.807) is 6.92 Å². The predicted octanol–water partition coefficient (Wildman–Crippen LogP) is 3.20. The summed E-state index contributed by atoms with van der Waals surface area (Å²) in [5.74, 6) is 1.19. The second-order valence-corrected chi connectivity index (χ2v) is 5.50. The molecule has 0 aromatic carbocycles. The number of ether oxygens (including phenoxy) is 1. The molecule has 0 aliphatic rings. The lowest BCUT2D eigenvalue weighted by molar-refractivity contribution is -0.137. The summed E-state index contributed by atoms with van der Waals surface area (Å²) >= 11 is 0. The number of oxazole rings is 1. The monoisotopic (exact) mass is 376 g/mol.